The first-order valence-electron chi connectivity index (χ1n) is 33.1. The summed E-state index contributed by atoms with van der Waals surface area (Å²) in [6.45, 7) is 16.2. The van der Waals surface area contributed by atoms with E-state index in [0.717, 1.165) is 5.57 Å². The maximum absolute atomic E-state index is 13.3. The number of aliphatic hydroxyl groups excluding tert-OH is 13. The predicted octanol–water partition coefficient (Wildman–Crippen LogP) is -2.80. The number of allylic oxidation sites excluding steroid dienone is 2. The van der Waals surface area contributed by atoms with Crippen LogP contribution in [-0.2, 0) is 76.2 Å². The Morgan fingerprint density at radius 1 is 0.553 bits per heavy atom. The summed E-state index contributed by atoms with van der Waals surface area (Å²) >= 11 is 0. The first kappa shape index (κ1) is 74.9. The van der Waals surface area contributed by atoms with Crippen molar-refractivity contribution in [3.63, 3.8) is 0 Å². The molecule has 0 aromatic carbocycles. The van der Waals surface area contributed by atoms with Gasteiger partial charge in [0, 0.05) is 12.8 Å². The number of Topliss-reactive ketones (excluding diaryl/α,β-unsaturated/α-hetero) is 1. The molecule has 6 unspecified atom stereocenters. The molecule has 0 bridgehead atoms. The monoisotopic (exact) mass is 1370 g/mol. The molecule has 542 valence electrons. The average Bonchev–Trinajstić information content (AvgIpc) is 1.33. The lowest BCUT2D eigenvalue weighted by Crippen LogP contribution is -2.67. The molecule has 10 rings (SSSR count). The molecule has 9 fully saturated rings. The van der Waals surface area contributed by atoms with Crippen LogP contribution < -0.4 is 0 Å². The molecule has 94 heavy (non-hydrogen) atoms. The van der Waals surface area contributed by atoms with E-state index in [2.05, 4.69) is 19.9 Å². The minimum absolute atomic E-state index is 0.00310. The number of hydrogen-bond acceptors (Lipinski definition) is 30. The second-order valence-corrected chi connectivity index (χ2v) is 30.5. The predicted molar refractivity (Wildman–Crippen MR) is 315 cm³/mol. The van der Waals surface area contributed by atoms with Gasteiger partial charge >= 0.3 is 10.4 Å². The molecular formula is C62H102O31S. The average molecular weight is 1380 g/mol. The molecule has 10 aliphatic rings. The maximum Gasteiger partial charge on any atom is 0.397 e. The van der Waals surface area contributed by atoms with Gasteiger partial charge in [-0.2, -0.15) is 8.42 Å². The van der Waals surface area contributed by atoms with Gasteiger partial charge in [0.05, 0.1) is 54.9 Å². The van der Waals surface area contributed by atoms with Gasteiger partial charge in [0.25, 0.3) is 0 Å². The molecule has 3 saturated carbocycles. The van der Waals surface area contributed by atoms with Crippen molar-refractivity contribution >= 4 is 16.2 Å². The van der Waals surface area contributed by atoms with Crippen molar-refractivity contribution in [1.29, 1.82) is 0 Å². The van der Waals surface area contributed by atoms with Crippen LogP contribution in [0.5, 0.6) is 0 Å². The van der Waals surface area contributed by atoms with Crippen LogP contribution >= 0.6 is 0 Å². The van der Waals surface area contributed by atoms with E-state index in [9.17, 15) is 89.3 Å². The number of aliphatic hydroxyl groups is 14. The van der Waals surface area contributed by atoms with Crippen molar-refractivity contribution in [2.45, 2.75) is 323 Å². The van der Waals surface area contributed by atoms with Crippen LogP contribution in [0.2, 0.25) is 0 Å². The van der Waals surface area contributed by atoms with E-state index >= 15 is 0 Å². The summed E-state index contributed by atoms with van der Waals surface area (Å²) in [6.07, 6.45) is -44.9. The molecule has 0 aromatic rings. The molecular weight excluding hydrogens is 1270 g/mol. The van der Waals surface area contributed by atoms with Crippen LogP contribution in [0.3, 0.4) is 0 Å². The molecule has 0 aromatic heterocycles. The first-order valence-corrected chi connectivity index (χ1v) is 34.5. The topological polar surface area (TPSA) is 475 Å². The summed E-state index contributed by atoms with van der Waals surface area (Å²) < 4.78 is 113. The van der Waals surface area contributed by atoms with Gasteiger partial charge in [-0.1, -0.05) is 39.3 Å². The Labute approximate surface area is 546 Å². The zero-order valence-corrected chi connectivity index (χ0v) is 55.4. The van der Waals surface area contributed by atoms with Crippen molar-refractivity contribution in [1.82, 2.24) is 0 Å². The largest absolute Gasteiger partial charge is 0.397 e. The third-order valence-electron chi connectivity index (χ3n) is 22.3. The third-order valence-corrected chi connectivity index (χ3v) is 22.8. The van der Waals surface area contributed by atoms with Gasteiger partial charge in [0.15, 0.2) is 37.7 Å². The van der Waals surface area contributed by atoms with Crippen LogP contribution in [0.15, 0.2) is 11.6 Å². The highest BCUT2D eigenvalue weighted by Gasteiger charge is 2.64. The van der Waals surface area contributed by atoms with E-state index in [1.54, 1.807) is 6.92 Å². The van der Waals surface area contributed by atoms with Crippen molar-refractivity contribution in [2.75, 3.05) is 6.61 Å². The second kappa shape index (κ2) is 28.9. The minimum Gasteiger partial charge on any atom is -0.389 e. The van der Waals surface area contributed by atoms with Gasteiger partial charge < -0.3 is 128 Å². The fraction of sp³-hybridized carbons (Fsp3) is 0.952. The molecule has 6 saturated heterocycles. The summed E-state index contributed by atoms with van der Waals surface area (Å²) in [5, 5.41) is 159. The van der Waals surface area contributed by atoms with Crippen molar-refractivity contribution in [2.24, 2.45) is 40.4 Å². The molecule has 0 amide bonds. The SMILES string of the molecule is CC(C)CC(=O)C[C@@](C)(O)[C@H]1CC[C@H]2[C@@H]3C[C@H](OC4O[C@H](C)[C@@H](O)[C@H](OC5OC[C@@H](OC6O[C@H](C)[C@@H](O)[C@H](O)[C@H]6OC6O[C@H](C)[C@H](O)[C@H](OC7O[C@H](C)[C@H](O)[C@H](O)[C@H]7O)[C@H]6O)[C@H](O)[C@H]5OC5O[C@H](C)[C@@H](O)[C@H](O)[C@H]5O)[C@H]4O)[C@H]4C[C@@H](OS(=O)(=O)O)CC[C@]4(C)C3=CC[C@@]21C. The minimum atomic E-state index is -4.90. The van der Waals surface area contributed by atoms with E-state index in [1.807, 2.05) is 13.8 Å². The molecule has 6 aliphatic heterocycles. The highest BCUT2D eigenvalue weighted by atomic mass is 32.3. The number of ether oxygens (including phenoxy) is 12. The molecule has 31 nitrogen and oxygen atoms in total. The second-order valence-electron chi connectivity index (χ2n) is 29.4. The fourth-order valence-electron chi connectivity index (χ4n) is 17.1. The molecule has 4 aliphatic carbocycles. The zero-order valence-electron chi connectivity index (χ0n) is 54.6. The van der Waals surface area contributed by atoms with Crippen LogP contribution in [0, 0.1) is 40.4 Å². The number of fused-ring (bicyclic) bond motifs is 5. The maximum atomic E-state index is 13.3. The van der Waals surface area contributed by atoms with Gasteiger partial charge in [-0.15, -0.1) is 0 Å². The summed E-state index contributed by atoms with van der Waals surface area (Å²) in [7, 11) is -4.90. The Morgan fingerprint density at radius 2 is 1.01 bits per heavy atom. The van der Waals surface area contributed by atoms with Crippen molar-refractivity contribution in [3.05, 3.63) is 11.6 Å². The standard InChI is InChI=1S/C62H102O31S/c1-22(2)17-28(63)20-62(10,77)36-12-11-31-30-19-34(33-18-29(93-94(78,79)80)13-15-60(33,8)32(30)14-16-61(31,36)9)87-56-48(75)51(41(68)26(6)84-56)90-58-52(91-55-47(74)44(71)38(65)24(4)83-55)42(69)35(21-81-58)88-59-53(45(72)39(66)25(5)86-59)92-57-49(76)50(40(67)27(7)85-57)89-54-46(73)43(70)37(64)23(3)82-54/h14,22-27,29-31,33-59,64-77H,11-13,15-21H2,1-10H3,(H,78,79,80)/t23-,24-,25-,26-,27-,29+,30+,31+,33-,34+,35-,36+,37+,38-,39-,40+,41-,42+,43+,44+,45+,46-,47-,48-,49-,50+,51+,52-,53-,54?,55?,56?,57?,58?,59?,60-,61+,62-/m1/s1. The van der Waals surface area contributed by atoms with Gasteiger partial charge in [-0.3, -0.25) is 9.35 Å². The normalized spacial score (nSPS) is 52.4. The lowest BCUT2D eigenvalue weighted by atomic mass is 9.47. The highest BCUT2D eigenvalue weighted by molar-refractivity contribution is 7.80. The summed E-state index contributed by atoms with van der Waals surface area (Å²) in [5.41, 5.74) is -1.30. The van der Waals surface area contributed by atoms with Gasteiger partial charge in [-0.05, 0) is 127 Å². The third kappa shape index (κ3) is 14.8. The van der Waals surface area contributed by atoms with E-state index in [4.69, 9.17) is 61.0 Å². The quantitative estimate of drug-likeness (QED) is 0.0459. The van der Waals surface area contributed by atoms with Crippen molar-refractivity contribution < 1.29 is 150 Å². The number of hydrogen-bond donors (Lipinski definition) is 15. The van der Waals surface area contributed by atoms with E-state index in [1.165, 1.54) is 34.6 Å². The molecule has 6 heterocycles. The van der Waals surface area contributed by atoms with Crippen molar-refractivity contribution in [3.8, 4) is 0 Å². The molecule has 38 atom stereocenters. The van der Waals surface area contributed by atoms with Crippen LogP contribution in [-0.4, -0.2) is 293 Å². The lowest BCUT2D eigenvalue weighted by Gasteiger charge is -2.60. The molecule has 15 N–H and O–H groups in total. The molecule has 0 spiro atoms. The van der Waals surface area contributed by atoms with E-state index in [-0.39, 0.29) is 48.7 Å². The van der Waals surface area contributed by atoms with Crippen LogP contribution in [0.1, 0.15) is 127 Å². The van der Waals surface area contributed by atoms with E-state index in [0.29, 0.717) is 38.5 Å². The molecule has 0 radical (unpaired) electrons. The summed E-state index contributed by atoms with van der Waals surface area (Å²) in [4.78, 5) is 13.3. The summed E-state index contributed by atoms with van der Waals surface area (Å²) in [6, 6.07) is 0. The zero-order chi connectivity index (χ0) is 68.9. The smallest absolute Gasteiger partial charge is 0.389 e. The highest BCUT2D eigenvalue weighted by Crippen LogP contribution is 2.67. The number of carbonyl (C=O) groups is 1. The fourth-order valence-corrected chi connectivity index (χ4v) is 17.7. The Bertz CT molecular complexity index is 2710. The Hall–Kier alpha value is -1.76. The first-order chi connectivity index (χ1) is 43.8. The number of rotatable bonds is 19. The van der Waals surface area contributed by atoms with Gasteiger partial charge in [-0.25, -0.2) is 4.18 Å². The summed E-state index contributed by atoms with van der Waals surface area (Å²) in [5.74, 6) is -0.854. The molecule has 32 heteroatoms. The van der Waals surface area contributed by atoms with Gasteiger partial charge in [0.1, 0.15) is 116 Å². The Balaban J connectivity index is 0.898. The Morgan fingerprint density at radius 3 is 1.54 bits per heavy atom. The van der Waals surface area contributed by atoms with Crippen LogP contribution in [0.4, 0.5) is 0 Å². The number of carbonyl (C=O) groups excluding carboxylic acids is 1. The Kier molecular flexibility index (Phi) is 23.1. The van der Waals surface area contributed by atoms with E-state index < -0.39 is 230 Å². The van der Waals surface area contributed by atoms with Gasteiger partial charge in [0.2, 0.25) is 0 Å². The number of ketones is 1. The lowest BCUT2D eigenvalue weighted by molar-refractivity contribution is -0.401. The van der Waals surface area contributed by atoms with Crippen LogP contribution in [0.25, 0.3) is 0 Å².